The van der Waals surface area contributed by atoms with Crippen molar-refractivity contribution in [2.45, 2.75) is 46.3 Å². The first-order valence-electron chi connectivity index (χ1n) is 19.6. The van der Waals surface area contributed by atoms with E-state index in [4.69, 9.17) is 49.9 Å². The Hall–Kier alpha value is -4.41. The van der Waals surface area contributed by atoms with Crippen LogP contribution >= 0.6 is 36.2 Å². The number of benzene rings is 2. The Morgan fingerprint density at radius 1 is 0.770 bits per heavy atom. The van der Waals surface area contributed by atoms with Crippen molar-refractivity contribution in [3.63, 3.8) is 0 Å². The van der Waals surface area contributed by atoms with Crippen molar-refractivity contribution in [3.8, 4) is 0 Å². The number of thioether (sulfide) groups is 1. The Balaban J connectivity index is 0.000000285. The molecule has 21 heteroatoms. The highest BCUT2D eigenvalue weighted by Crippen LogP contribution is 2.30. The van der Waals surface area contributed by atoms with E-state index < -0.39 is 37.0 Å². The van der Waals surface area contributed by atoms with Crippen LogP contribution in [0.1, 0.15) is 34.1 Å². The first kappa shape index (κ1) is 50.9. The highest BCUT2D eigenvalue weighted by Gasteiger charge is 2.34. The van der Waals surface area contributed by atoms with Gasteiger partial charge in [-0.3, -0.25) is 19.4 Å². The SMILES string of the molecule is C.CCC(=S)NC[C@H]1CN(c2ccc(N3CCN(C(=O)CO)CC3)c(F)c2)C(=O)O1.CCC(=S)SC.NC[C@H]1CN(c2ccc(N3CCN(C(=O)CO)CC3)c(F)c2)C(=O)O1. The summed E-state index contributed by atoms with van der Waals surface area (Å²) in [6.07, 6.45) is 1.97. The van der Waals surface area contributed by atoms with Crippen LogP contribution in [0.3, 0.4) is 0 Å². The van der Waals surface area contributed by atoms with Gasteiger partial charge in [0.25, 0.3) is 0 Å². The summed E-state index contributed by atoms with van der Waals surface area (Å²) >= 11 is 11.6. The van der Waals surface area contributed by atoms with Gasteiger partial charge in [0.2, 0.25) is 11.8 Å². The van der Waals surface area contributed by atoms with Crippen molar-refractivity contribution >= 4 is 92.1 Å². The molecule has 0 spiro atoms. The van der Waals surface area contributed by atoms with Crippen molar-refractivity contribution < 1.29 is 47.6 Å². The molecule has 5 N–H and O–H groups in total. The second-order valence-electron chi connectivity index (χ2n) is 13.9. The maximum atomic E-state index is 14.8. The van der Waals surface area contributed by atoms with E-state index in [1.54, 1.807) is 45.8 Å². The number of thiocarbonyl (C=S) groups is 2. The third-order valence-corrected chi connectivity index (χ3v) is 12.0. The molecule has 4 aliphatic rings. The maximum absolute atomic E-state index is 14.8. The fourth-order valence-electron chi connectivity index (χ4n) is 6.62. The fraction of sp³-hybridized carbons (Fsp3) is 0.550. The zero-order valence-electron chi connectivity index (χ0n) is 34.0. The summed E-state index contributed by atoms with van der Waals surface area (Å²) in [4.78, 5) is 57.3. The fourth-order valence-corrected chi connectivity index (χ4v) is 7.00. The number of anilines is 4. The number of nitrogens with one attached hydrogen (secondary N) is 1. The Morgan fingerprint density at radius 3 is 1.52 bits per heavy atom. The van der Waals surface area contributed by atoms with Crippen molar-refractivity contribution in [1.82, 2.24) is 15.1 Å². The molecule has 61 heavy (non-hydrogen) atoms. The van der Waals surface area contributed by atoms with Crippen molar-refractivity contribution in [2.75, 3.05) is 118 Å². The van der Waals surface area contributed by atoms with E-state index in [2.05, 4.69) is 12.2 Å². The molecule has 0 unspecified atom stereocenters. The minimum absolute atomic E-state index is 0. The van der Waals surface area contributed by atoms with Crippen LogP contribution in [0.5, 0.6) is 0 Å². The number of aliphatic hydroxyl groups is 2. The molecule has 6 rings (SSSR count). The van der Waals surface area contributed by atoms with Crippen molar-refractivity contribution in [1.29, 1.82) is 0 Å². The van der Waals surface area contributed by atoms with Gasteiger partial charge >= 0.3 is 12.2 Å². The third-order valence-electron chi connectivity index (χ3n) is 10.1. The van der Waals surface area contributed by atoms with Gasteiger partial charge in [-0.25, -0.2) is 18.4 Å². The first-order chi connectivity index (χ1) is 28.8. The summed E-state index contributed by atoms with van der Waals surface area (Å²) in [6.45, 7) is 7.84. The van der Waals surface area contributed by atoms with Gasteiger partial charge in [-0.2, -0.15) is 0 Å². The molecule has 4 heterocycles. The number of hydrogen-bond donors (Lipinski definition) is 4. The van der Waals surface area contributed by atoms with E-state index in [-0.39, 0.29) is 38.0 Å². The van der Waals surface area contributed by atoms with Crippen LogP contribution in [0, 0.1) is 11.6 Å². The molecule has 4 saturated heterocycles. The summed E-state index contributed by atoms with van der Waals surface area (Å²) in [5.74, 6) is -1.52. The number of aliphatic hydroxyl groups excluding tert-OH is 2. The van der Waals surface area contributed by atoms with Gasteiger partial charge in [0.05, 0.1) is 47.4 Å². The number of cyclic esters (lactones) is 2. The van der Waals surface area contributed by atoms with E-state index in [0.717, 1.165) is 17.0 Å². The molecule has 0 aromatic heterocycles. The molecule has 2 aromatic carbocycles. The summed E-state index contributed by atoms with van der Waals surface area (Å²) < 4.78 is 40.8. The Kier molecular flexibility index (Phi) is 20.8. The molecule has 0 radical (unpaired) electrons. The first-order valence-corrected chi connectivity index (χ1v) is 21.7. The van der Waals surface area contributed by atoms with Gasteiger partial charge in [-0.15, -0.1) is 11.8 Å². The van der Waals surface area contributed by atoms with Crippen LogP contribution in [0.25, 0.3) is 0 Å². The minimum Gasteiger partial charge on any atom is -0.443 e. The normalized spacial score (nSPS) is 18.6. The predicted octanol–water partition coefficient (Wildman–Crippen LogP) is 3.59. The quantitative estimate of drug-likeness (QED) is 0.240. The van der Waals surface area contributed by atoms with E-state index in [1.165, 1.54) is 21.9 Å². The molecule has 0 saturated carbocycles. The average Bonchev–Trinajstić information content (AvgIpc) is 3.86. The van der Waals surface area contributed by atoms with Crippen LogP contribution in [-0.4, -0.2) is 163 Å². The molecule has 338 valence electrons. The smallest absolute Gasteiger partial charge is 0.414 e. The lowest BCUT2D eigenvalue weighted by atomic mass is 10.2. The number of nitrogens with zero attached hydrogens (tertiary/aromatic N) is 6. The van der Waals surface area contributed by atoms with Crippen LogP contribution in [0.15, 0.2) is 36.4 Å². The number of carbonyl (C=O) groups excluding carboxylic acids is 4. The molecule has 0 aliphatic carbocycles. The lowest BCUT2D eigenvalue weighted by Gasteiger charge is -2.36. The lowest BCUT2D eigenvalue weighted by molar-refractivity contribution is -0.135. The lowest BCUT2D eigenvalue weighted by Crippen LogP contribution is -2.49. The van der Waals surface area contributed by atoms with Gasteiger partial charge < -0.3 is 50.3 Å². The summed E-state index contributed by atoms with van der Waals surface area (Å²) in [5.41, 5.74) is 7.20. The number of carbonyl (C=O) groups is 4. The molecule has 0 bridgehead atoms. The number of amides is 4. The Morgan fingerprint density at radius 2 is 1.20 bits per heavy atom. The van der Waals surface area contributed by atoms with Crippen LogP contribution in [-0.2, 0) is 19.1 Å². The predicted molar refractivity (Wildman–Crippen MR) is 243 cm³/mol. The monoisotopic (exact) mass is 912 g/mol. The number of ether oxygens (including phenoxy) is 2. The topological polar surface area (TPSA) is 185 Å². The van der Waals surface area contributed by atoms with Gasteiger partial charge in [0.1, 0.15) is 37.1 Å². The summed E-state index contributed by atoms with van der Waals surface area (Å²) in [7, 11) is 0. The Bertz CT molecular complexity index is 1830. The number of nitrogens with two attached hydrogens (primary N) is 1. The summed E-state index contributed by atoms with van der Waals surface area (Å²) in [6, 6.07) is 9.26. The molecule has 2 aromatic rings. The van der Waals surface area contributed by atoms with Crippen molar-refractivity contribution in [2.24, 2.45) is 5.73 Å². The van der Waals surface area contributed by atoms with Gasteiger partial charge in [0, 0.05) is 63.1 Å². The van der Waals surface area contributed by atoms with Gasteiger partial charge in [-0.1, -0.05) is 45.7 Å². The average molecular weight is 913 g/mol. The van der Waals surface area contributed by atoms with E-state index >= 15 is 0 Å². The Labute approximate surface area is 371 Å². The second kappa shape index (κ2) is 24.9. The molecular weight excluding hydrogens is 855 g/mol. The zero-order chi connectivity index (χ0) is 43.9. The van der Waals surface area contributed by atoms with Crippen molar-refractivity contribution in [3.05, 3.63) is 48.0 Å². The van der Waals surface area contributed by atoms with Crippen LogP contribution < -0.4 is 30.7 Å². The number of piperazine rings is 2. The summed E-state index contributed by atoms with van der Waals surface area (Å²) in [5, 5.41) is 20.9. The minimum atomic E-state index is -0.529. The number of halogens is 2. The molecule has 2 atom stereocenters. The highest BCUT2D eigenvalue weighted by atomic mass is 32.2. The van der Waals surface area contributed by atoms with E-state index in [0.29, 0.717) is 99.7 Å². The van der Waals surface area contributed by atoms with E-state index in [1.807, 2.05) is 23.0 Å². The number of hydrogen-bond acceptors (Lipinski definition) is 14. The highest BCUT2D eigenvalue weighted by molar-refractivity contribution is 8.22. The standard InChI is InChI=1S/C19H25FN4O4S.C16H21FN4O4.C4H8S2.CH4/c1-2-17(29)21-10-14-11-24(19(27)28-14)13-3-4-16(15(20)9-13)22-5-7-23(8-6-22)18(26)12-25;17-13-7-11(21-9-12(8-18)25-16(21)24)1-2-14(13)19-3-5-20(6-4-19)15(23)10-22;1-3-4(5)6-2;/h3-4,9,14,25H,2,5-8,10-12H2,1H3,(H,21,29);1-2,7,12,22H,3-6,8-10,18H2;3H2,1-2H3;1H4/t14-;12-;;/m00../s1. The van der Waals surface area contributed by atoms with E-state index in [9.17, 15) is 28.0 Å². The second-order valence-corrected chi connectivity index (χ2v) is 16.0. The molecule has 16 nitrogen and oxygen atoms in total. The molecular formula is C40H58F2N8O8S3. The van der Waals surface area contributed by atoms with Crippen LogP contribution in [0.4, 0.5) is 41.1 Å². The molecule has 4 amide bonds. The maximum Gasteiger partial charge on any atom is 0.414 e. The number of rotatable bonds is 11. The largest absolute Gasteiger partial charge is 0.443 e. The third kappa shape index (κ3) is 14.1. The zero-order valence-corrected chi connectivity index (χ0v) is 36.5. The van der Waals surface area contributed by atoms with Gasteiger partial charge in [0.15, 0.2) is 0 Å². The van der Waals surface area contributed by atoms with Gasteiger partial charge in [-0.05, 0) is 55.5 Å². The molecule has 4 aliphatic heterocycles. The van der Waals surface area contributed by atoms with Crippen LogP contribution in [0.2, 0.25) is 0 Å². The molecule has 4 fully saturated rings.